The second-order valence-corrected chi connectivity index (χ2v) is 24.0. The van der Waals surface area contributed by atoms with Crippen LogP contribution in [0.2, 0.25) is 0 Å². The standard InChI is InChI=1S/C76H60N2/c1-73(2,3)55-39-43-63-61(45-55)69-67-59-41-37-58(76(52-31-19-10-20-32-52,53-33-21-11-22-34-53)54-35-23-12-24-36-54)48-66(59)78-64-44-40-56(74(4,5)6)46-62(64)70(72(67)78)68-60-42-38-57(47-65(60)77(63)71(68)69)75(49-25-13-7-14-26-49,50-27-15-8-16-28-50)51-29-17-9-18-30-51/h7-48H,1-6H3. The average Bonchev–Trinajstić information content (AvgIpc) is 3.58. The van der Waals surface area contributed by atoms with Crippen molar-refractivity contribution in [3.63, 3.8) is 0 Å². The molecule has 0 N–H and O–H groups in total. The van der Waals surface area contributed by atoms with Gasteiger partial charge in [0, 0.05) is 43.1 Å². The summed E-state index contributed by atoms with van der Waals surface area (Å²) in [5, 5.41) is 10.4. The van der Waals surface area contributed by atoms with Crippen molar-refractivity contribution in [2.45, 2.75) is 63.2 Å². The van der Waals surface area contributed by atoms with Crippen LogP contribution in [0.3, 0.4) is 0 Å². The minimum atomic E-state index is -0.607. The predicted octanol–water partition coefficient (Wildman–Crippen LogP) is 19.3. The van der Waals surface area contributed by atoms with E-state index in [-0.39, 0.29) is 10.8 Å². The maximum atomic E-state index is 2.65. The van der Waals surface area contributed by atoms with Crippen LogP contribution in [0.25, 0.3) is 76.2 Å². The lowest BCUT2D eigenvalue weighted by molar-refractivity contribution is 0.591. The Morgan fingerprint density at radius 1 is 0.218 bits per heavy atom. The fraction of sp³-hybridized carbons (Fsp3) is 0.132. The first-order valence-electron chi connectivity index (χ1n) is 27.8. The normalized spacial score (nSPS) is 13.0. The molecule has 0 atom stereocenters. The fourth-order valence-corrected chi connectivity index (χ4v) is 14.2. The minimum absolute atomic E-state index is 0.0631. The number of fused-ring (bicyclic) bond motifs is 14. The van der Waals surface area contributed by atoms with Crippen molar-refractivity contribution in [1.82, 2.24) is 8.80 Å². The molecule has 4 heterocycles. The first-order chi connectivity index (χ1) is 38.0. The summed E-state index contributed by atoms with van der Waals surface area (Å²) >= 11 is 0. The van der Waals surface area contributed by atoms with Gasteiger partial charge in [-0.05, 0) is 103 Å². The summed E-state index contributed by atoms with van der Waals surface area (Å²) in [5.74, 6) is 0. The van der Waals surface area contributed by atoms with Crippen LogP contribution in [0, 0.1) is 0 Å². The number of nitrogens with zero attached hydrogens (tertiary/aromatic N) is 2. The molecule has 0 unspecified atom stereocenters. The van der Waals surface area contributed by atoms with Crippen molar-refractivity contribution >= 4 is 76.2 Å². The van der Waals surface area contributed by atoms with Gasteiger partial charge in [0.15, 0.2) is 0 Å². The van der Waals surface area contributed by atoms with Gasteiger partial charge in [-0.1, -0.05) is 260 Å². The van der Waals surface area contributed by atoms with E-state index >= 15 is 0 Å². The Morgan fingerprint density at radius 2 is 0.474 bits per heavy atom. The highest BCUT2D eigenvalue weighted by atomic mass is 14.9. The largest absolute Gasteiger partial charge is 0.308 e. The summed E-state index contributed by atoms with van der Waals surface area (Å²) in [6.07, 6.45) is 0. The molecule has 374 valence electrons. The van der Waals surface area contributed by atoms with Crippen molar-refractivity contribution in [2.75, 3.05) is 0 Å². The molecule has 2 nitrogen and oxygen atoms in total. The van der Waals surface area contributed by atoms with Crippen molar-refractivity contribution in [3.05, 3.63) is 310 Å². The minimum Gasteiger partial charge on any atom is -0.308 e. The topological polar surface area (TPSA) is 8.82 Å². The summed E-state index contributed by atoms with van der Waals surface area (Å²) in [7, 11) is 0. The van der Waals surface area contributed by atoms with E-state index in [1.165, 1.54) is 132 Å². The van der Waals surface area contributed by atoms with E-state index in [0.717, 1.165) is 0 Å². The van der Waals surface area contributed by atoms with Gasteiger partial charge in [0.1, 0.15) is 0 Å². The van der Waals surface area contributed by atoms with Gasteiger partial charge in [-0.2, -0.15) is 0 Å². The van der Waals surface area contributed by atoms with Gasteiger partial charge in [0.25, 0.3) is 0 Å². The van der Waals surface area contributed by atoms with Gasteiger partial charge in [0.05, 0.1) is 43.9 Å². The third-order valence-electron chi connectivity index (χ3n) is 17.8. The number of rotatable bonds is 8. The molecule has 15 aromatic rings. The SMILES string of the molecule is CC(C)(C)c1ccc2c(c1)c1c3c4ccc(C(c5ccccc5)(c5ccccc5)c5ccccc5)cc4n4c5ccc(C(C)(C)C)cc5c(c5c6ccc(C(c7ccccc7)(c7ccccc7)c7ccccc7)cc6n2c15)c34. The van der Waals surface area contributed by atoms with E-state index in [9.17, 15) is 0 Å². The molecular formula is C76H60N2. The van der Waals surface area contributed by atoms with Crippen LogP contribution in [-0.4, -0.2) is 8.80 Å². The number of hydrogen-bond donors (Lipinski definition) is 0. The van der Waals surface area contributed by atoms with E-state index in [0.29, 0.717) is 0 Å². The van der Waals surface area contributed by atoms with Crippen molar-refractivity contribution in [2.24, 2.45) is 0 Å². The lowest BCUT2D eigenvalue weighted by Gasteiger charge is -2.37. The van der Waals surface area contributed by atoms with Gasteiger partial charge >= 0.3 is 0 Å². The maximum absolute atomic E-state index is 2.65. The quantitative estimate of drug-likeness (QED) is 0.134. The Morgan fingerprint density at radius 3 is 0.744 bits per heavy atom. The van der Waals surface area contributed by atoms with E-state index in [1.807, 2.05) is 0 Å². The lowest BCUT2D eigenvalue weighted by Crippen LogP contribution is -2.31. The third-order valence-corrected chi connectivity index (χ3v) is 17.8. The van der Waals surface area contributed by atoms with Crippen LogP contribution in [0.15, 0.2) is 255 Å². The molecule has 0 saturated heterocycles. The fourth-order valence-electron chi connectivity index (χ4n) is 14.2. The van der Waals surface area contributed by atoms with E-state index < -0.39 is 10.8 Å². The Hall–Kier alpha value is -8.98. The number of benzene rings is 11. The van der Waals surface area contributed by atoms with Crippen molar-refractivity contribution in [1.29, 1.82) is 0 Å². The summed E-state index contributed by atoms with van der Waals surface area (Å²) in [5.41, 5.74) is 18.7. The highest BCUT2D eigenvalue weighted by Gasteiger charge is 2.41. The molecule has 0 spiro atoms. The zero-order valence-electron chi connectivity index (χ0n) is 45.1. The van der Waals surface area contributed by atoms with E-state index in [2.05, 4.69) is 305 Å². The van der Waals surface area contributed by atoms with Crippen LogP contribution in [0.1, 0.15) is 97.2 Å². The van der Waals surface area contributed by atoms with Gasteiger partial charge in [-0.15, -0.1) is 0 Å². The molecule has 78 heavy (non-hydrogen) atoms. The van der Waals surface area contributed by atoms with Crippen molar-refractivity contribution < 1.29 is 0 Å². The van der Waals surface area contributed by atoms with E-state index in [1.54, 1.807) is 0 Å². The second-order valence-electron chi connectivity index (χ2n) is 24.0. The molecule has 0 amide bonds. The summed E-state index contributed by atoms with van der Waals surface area (Å²) in [6, 6.07) is 96.5. The molecule has 11 aromatic carbocycles. The number of hydrogen-bond acceptors (Lipinski definition) is 0. The Kier molecular flexibility index (Phi) is 9.95. The van der Waals surface area contributed by atoms with Gasteiger partial charge in [-0.3, -0.25) is 0 Å². The highest BCUT2D eigenvalue weighted by molar-refractivity contribution is 6.45. The molecule has 15 rings (SSSR count). The van der Waals surface area contributed by atoms with Crippen molar-refractivity contribution in [3.8, 4) is 0 Å². The number of aromatic nitrogens is 2. The van der Waals surface area contributed by atoms with Crippen LogP contribution < -0.4 is 0 Å². The van der Waals surface area contributed by atoms with Crippen LogP contribution in [-0.2, 0) is 21.7 Å². The monoisotopic (exact) mass is 1000 g/mol. The molecular weight excluding hydrogens is 941 g/mol. The highest BCUT2D eigenvalue weighted by Crippen LogP contribution is 2.55. The smallest absolute Gasteiger partial charge is 0.0702 e. The zero-order chi connectivity index (χ0) is 52.7. The molecule has 0 aliphatic carbocycles. The average molecular weight is 1000 g/mol. The van der Waals surface area contributed by atoms with Gasteiger partial charge in [0.2, 0.25) is 0 Å². The van der Waals surface area contributed by atoms with Crippen LogP contribution in [0.5, 0.6) is 0 Å². The van der Waals surface area contributed by atoms with Gasteiger partial charge < -0.3 is 8.80 Å². The molecule has 4 aromatic heterocycles. The second kappa shape index (κ2) is 16.8. The molecule has 0 bridgehead atoms. The first kappa shape index (κ1) is 46.3. The zero-order valence-corrected chi connectivity index (χ0v) is 45.1. The summed E-state index contributed by atoms with van der Waals surface area (Å²) in [4.78, 5) is 0. The van der Waals surface area contributed by atoms with E-state index in [4.69, 9.17) is 0 Å². The Labute approximate surface area is 456 Å². The third kappa shape index (κ3) is 6.32. The van der Waals surface area contributed by atoms with Crippen LogP contribution >= 0.6 is 0 Å². The van der Waals surface area contributed by atoms with Crippen LogP contribution in [0.4, 0.5) is 0 Å². The molecule has 0 aliphatic heterocycles. The molecule has 0 saturated carbocycles. The Bertz CT molecular complexity index is 4250. The maximum Gasteiger partial charge on any atom is 0.0702 e. The Balaban J connectivity index is 1.15. The predicted molar refractivity (Wildman–Crippen MR) is 330 cm³/mol. The summed E-state index contributed by atoms with van der Waals surface area (Å²) in [6.45, 7) is 14.1. The molecule has 0 aliphatic rings. The molecule has 0 fully saturated rings. The first-order valence-corrected chi connectivity index (χ1v) is 27.8. The molecule has 0 radical (unpaired) electrons. The lowest BCUT2D eigenvalue weighted by atomic mass is 9.65. The molecule has 2 heteroatoms. The summed E-state index contributed by atoms with van der Waals surface area (Å²) < 4.78 is 5.31. The van der Waals surface area contributed by atoms with Gasteiger partial charge in [-0.25, -0.2) is 0 Å².